The third-order valence-corrected chi connectivity index (χ3v) is 6.97. The average Bonchev–Trinajstić information content (AvgIpc) is 2.77. The van der Waals surface area contributed by atoms with Gasteiger partial charge in [-0.1, -0.05) is 36.6 Å². The maximum Gasteiger partial charge on any atom is 0.0959 e. The van der Waals surface area contributed by atoms with E-state index < -0.39 is 0 Å². The van der Waals surface area contributed by atoms with Crippen molar-refractivity contribution >= 4 is 0 Å². The minimum Gasteiger partial charge on any atom is -0.501 e. The highest BCUT2D eigenvalue weighted by atomic mass is 16.5. The van der Waals surface area contributed by atoms with Gasteiger partial charge in [0, 0.05) is 17.8 Å². The molecule has 1 saturated carbocycles. The van der Waals surface area contributed by atoms with E-state index in [9.17, 15) is 5.11 Å². The van der Waals surface area contributed by atoms with Crippen molar-refractivity contribution in [1.82, 2.24) is 0 Å². The monoisotopic (exact) mass is 300 g/mol. The van der Waals surface area contributed by atoms with E-state index in [0.717, 1.165) is 30.9 Å². The van der Waals surface area contributed by atoms with Crippen LogP contribution in [0.2, 0.25) is 0 Å². The van der Waals surface area contributed by atoms with Crippen molar-refractivity contribution in [2.75, 3.05) is 7.11 Å². The Morgan fingerprint density at radius 3 is 2.86 bits per heavy atom. The molecule has 0 heterocycles. The van der Waals surface area contributed by atoms with Gasteiger partial charge in [0.1, 0.15) is 0 Å². The Morgan fingerprint density at radius 2 is 2.09 bits per heavy atom. The zero-order valence-electron chi connectivity index (χ0n) is 14.1. The van der Waals surface area contributed by atoms with Gasteiger partial charge in [0.25, 0.3) is 0 Å². The zero-order valence-corrected chi connectivity index (χ0v) is 14.1. The molecule has 5 atom stereocenters. The molecule has 0 unspecified atom stereocenters. The summed E-state index contributed by atoms with van der Waals surface area (Å²) in [5.74, 6) is 2.87. The van der Waals surface area contributed by atoms with Crippen LogP contribution in [0.4, 0.5) is 0 Å². The Morgan fingerprint density at radius 1 is 1.27 bits per heavy atom. The Bertz CT molecular complexity index is 583. The third-order valence-electron chi connectivity index (χ3n) is 6.97. The van der Waals surface area contributed by atoms with E-state index in [-0.39, 0.29) is 11.5 Å². The second-order valence-electron chi connectivity index (χ2n) is 8.02. The molecule has 0 bridgehead atoms. The number of hydrogen-bond donors (Lipinski definition) is 1. The van der Waals surface area contributed by atoms with E-state index in [2.05, 4.69) is 26.0 Å². The van der Waals surface area contributed by atoms with Crippen molar-refractivity contribution in [3.05, 3.63) is 34.6 Å². The molecule has 0 aromatic heterocycles. The molecule has 0 saturated heterocycles. The highest BCUT2D eigenvalue weighted by Gasteiger charge is 2.52. The number of methoxy groups -OCH3 is 1. The fourth-order valence-corrected chi connectivity index (χ4v) is 5.71. The van der Waals surface area contributed by atoms with Crippen molar-refractivity contribution in [3.8, 4) is 0 Å². The van der Waals surface area contributed by atoms with E-state index in [1.54, 1.807) is 23.8 Å². The molecular weight excluding hydrogens is 272 g/mol. The quantitative estimate of drug-likeness (QED) is 0.729. The van der Waals surface area contributed by atoms with Crippen LogP contribution in [0.25, 0.3) is 0 Å². The van der Waals surface area contributed by atoms with Gasteiger partial charge in [0.05, 0.1) is 19.0 Å². The SMILES string of the molecule is COC1=CCC2=C(CC[C@H]3C4=C[C@@H](C)[C@H](O)[C@@]4(C)CC[C@H]23)C1. The summed E-state index contributed by atoms with van der Waals surface area (Å²) in [6.45, 7) is 4.48. The van der Waals surface area contributed by atoms with E-state index in [1.807, 2.05) is 0 Å². The van der Waals surface area contributed by atoms with Gasteiger partial charge in [-0.2, -0.15) is 0 Å². The van der Waals surface area contributed by atoms with Crippen LogP contribution in [0.15, 0.2) is 34.6 Å². The van der Waals surface area contributed by atoms with E-state index in [1.165, 1.54) is 19.3 Å². The first kappa shape index (κ1) is 14.6. The highest BCUT2D eigenvalue weighted by Crippen LogP contribution is 2.59. The van der Waals surface area contributed by atoms with Crippen molar-refractivity contribution in [2.45, 2.75) is 58.5 Å². The Hall–Kier alpha value is -1.02. The predicted octanol–water partition coefficient (Wildman–Crippen LogP) is 4.37. The van der Waals surface area contributed by atoms with E-state index in [4.69, 9.17) is 4.74 Å². The molecule has 0 spiro atoms. The minimum atomic E-state index is -0.176. The van der Waals surface area contributed by atoms with Crippen LogP contribution < -0.4 is 0 Å². The molecular formula is C20H28O2. The van der Waals surface area contributed by atoms with Crippen molar-refractivity contribution in [3.63, 3.8) is 0 Å². The first-order valence-corrected chi connectivity index (χ1v) is 8.88. The van der Waals surface area contributed by atoms with Gasteiger partial charge >= 0.3 is 0 Å². The van der Waals surface area contributed by atoms with Gasteiger partial charge < -0.3 is 9.84 Å². The average molecular weight is 300 g/mol. The standard InChI is InChI=1S/C20H28O2/c1-12-10-18-17-6-4-13-11-14(22-3)5-7-15(13)16(17)8-9-20(18,2)19(12)21/h5,10,12,16-17,19,21H,4,6-9,11H2,1-3H3/t12-,16-,17-,19+,20+/m1/s1. The highest BCUT2D eigenvalue weighted by molar-refractivity contribution is 5.39. The predicted molar refractivity (Wildman–Crippen MR) is 88.2 cm³/mol. The molecule has 1 fully saturated rings. The minimum absolute atomic E-state index is 0.0425. The van der Waals surface area contributed by atoms with Crippen LogP contribution in [0.3, 0.4) is 0 Å². The number of aliphatic hydroxyl groups excluding tert-OH is 1. The van der Waals surface area contributed by atoms with Gasteiger partial charge in [0.15, 0.2) is 0 Å². The molecule has 120 valence electrons. The molecule has 0 radical (unpaired) electrons. The fourth-order valence-electron chi connectivity index (χ4n) is 5.71. The van der Waals surface area contributed by atoms with Crippen LogP contribution in [0, 0.1) is 23.2 Å². The van der Waals surface area contributed by atoms with E-state index >= 15 is 0 Å². The van der Waals surface area contributed by atoms with Crippen molar-refractivity contribution in [1.29, 1.82) is 0 Å². The molecule has 22 heavy (non-hydrogen) atoms. The lowest BCUT2D eigenvalue weighted by molar-refractivity contribution is 0.0199. The summed E-state index contributed by atoms with van der Waals surface area (Å²) in [5, 5.41) is 10.7. The third kappa shape index (κ3) is 1.89. The van der Waals surface area contributed by atoms with Gasteiger partial charge in [-0.25, -0.2) is 0 Å². The lowest BCUT2D eigenvalue weighted by atomic mass is 9.57. The van der Waals surface area contributed by atoms with Crippen LogP contribution in [-0.4, -0.2) is 18.3 Å². The van der Waals surface area contributed by atoms with E-state index in [0.29, 0.717) is 11.8 Å². The van der Waals surface area contributed by atoms with Gasteiger partial charge in [-0.15, -0.1) is 0 Å². The Balaban J connectivity index is 1.65. The number of hydrogen-bond acceptors (Lipinski definition) is 2. The van der Waals surface area contributed by atoms with Crippen LogP contribution in [-0.2, 0) is 4.74 Å². The van der Waals surface area contributed by atoms with Gasteiger partial charge in [0.2, 0.25) is 0 Å². The lowest BCUT2D eigenvalue weighted by Crippen LogP contribution is -2.42. The summed E-state index contributed by atoms with van der Waals surface area (Å²) in [5.41, 5.74) is 4.98. The maximum absolute atomic E-state index is 10.7. The van der Waals surface area contributed by atoms with Gasteiger partial charge in [-0.3, -0.25) is 0 Å². The maximum atomic E-state index is 10.7. The van der Waals surface area contributed by atoms with Crippen LogP contribution in [0.5, 0.6) is 0 Å². The first-order valence-electron chi connectivity index (χ1n) is 8.88. The molecule has 0 aromatic rings. The summed E-state index contributed by atoms with van der Waals surface area (Å²) < 4.78 is 5.47. The van der Waals surface area contributed by atoms with Crippen molar-refractivity contribution in [2.24, 2.45) is 23.2 Å². The number of ether oxygens (including phenoxy) is 1. The van der Waals surface area contributed by atoms with Gasteiger partial charge in [-0.05, 0) is 50.0 Å². The fraction of sp³-hybridized carbons (Fsp3) is 0.700. The smallest absolute Gasteiger partial charge is 0.0959 e. The summed E-state index contributed by atoms with van der Waals surface area (Å²) in [7, 11) is 1.79. The number of aliphatic hydroxyl groups is 1. The molecule has 1 N–H and O–H groups in total. The summed E-state index contributed by atoms with van der Waals surface area (Å²) in [6, 6.07) is 0. The van der Waals surface area contributed by atoms with Crippen molar-refractivity contribution < 1.29 is 9.84 Å². The number of fused-ring (bicyclic) bond motifs is 4. The largest absolute Gasteiger partial charge is 0.501 e. The molecule has 0 aromatic carbocycles. The Kier molecular flexibility index (Phi) is 3.30. The molecule has 2 nitrogen and oxygen atoms in total. The molecule has 4 aliphatic carbocycles. The second kappa shape index (κ2) is 4.99. The number of rotatable bonds is 1. The summed E-state index contributed by atoms with van der Waals surface area (Å²) in [6.07, 6.45) is 11.5. The van der Waals surface area contributed by atoms with Crippen LogP contribution in [0.1, 0.15) is 52.4 Å². The lowest BCUT2D eigenvalue weighted by Gasteiger charge is -2.48. The molecule has 0 aliphatic heterocycles. The molecule has 4 aliphatic rings. The molecule has 4 rings (SSSR count). The normalized spacial score (nSPS) is 43.8. The number of allylic oxidation sites excluding steroid dienone is 3. The summed E-state index contributed by atoms with van der Waals surface area (Å²) in [4.78, 5) is 0. The molecule has 0 amide bonds. The second-order valence-corrected chi connectivity index (χ2v) is 8.02. The first-order chi connectivity index (χ1) is 10.5. The summed E-state index contributed by atoms with van der Waals surface area (Å²) >= 11 is 0. The Labute approximate surface area is 133 Å². The molecule has 2 heteroatoms. The zero-order chi connectivity index (χ0) is 15.5. The van der Waals surface area contributed by atoms with Crippen LogP contribution >= 0.6 is 0 Å². The topological polar surface area (TPSA) is 29.5 Å².